The van der Waals surface area contributed by atoms with Gasteiger partial charge < -0.3 is 10.2 Å². The fourth-order valence-electron chi connectivity index (χ4n) is 3.08. The lowest BCUT2D eigenvalue weighted by atomic mass is 10.0. The Morgan fingerprint density at radius 2 is 1.35 bits per heavy atom. The quantitative estimate of drug-likeness (QED) is 0.708. The molecule has 132 valence electrons. The first-order valence-corrected chi connectivity index (χ1v) is 8.94. The first-order chi connectivity index (χ1) is 12.6. The molecule has 2 N–H and O–H groups in total. The summed E-state index contributed by atoms with van der Waals surface area (Å²) in [4.78, 5) is 13.8. The minimum atomic E-state index is -0.0354. The number of likely N-dealkylation sites (N-methyl/N-ethyl adjacent to an activating group) is 1. The van der Waals surface area contributed by atoms with Crippen LogP contribution in [0, 0.1) is 0 Å². The number of quaternary nitrogens is 1. The van der Waals surface area contributed by atoms with Crippen molar-refractivity contribution < 1.29 is 9.69 Å². The van der Waals surface area contributed by atoms with Crippen molar-refractivity contribution in [2.24, 2.45) is 0 Å². The number of hydrogen-bond donors (Lipinski definition) is 2. The Morgan fingerprint density at radius 3 is 1.92 bits per heavy atom. The summed E-state index contributed by atoms with van der Waals surface area (Å²) < 4.78 is 0. The van der Waals surface area contributed by atoms with Crippen LogP contribution in [0.1, 0.15) is 22.0 Å². The molecule has 0 aliphatic carbocycles. The fourth-order valence-corrected chi connectivity index (χ4v) is 3.08. The van der Waals surface area contributed by atoms with Crippen molar-refractivity contribution in [3.8, 4) is 11.1 Å². The number of amides is 1. The Kier molecular flexibility index (Phi) is 5.82. The van der Waals surface area contributed by atoms with Crippen LogP contribution in [0.2, 0.25) is 0 Å². The molecule has 0 bridgehead atoms. The zero-order valence-corrected chi connectivity index (χ0v) is 15.3. The summed E-state index contributed by atoms with van der Waals surface area (Å²) in [5.41, 5.74) is 4.18. The van der Waals surface area contributed by atoms with E-state index in [1.165, 1.54) is 10.5 Å². The molecule has 3 aromatic rings. The standard InChI is InChI=1S/C23H24N2O/c1-25(2)22(20-11-7-4-8-12-20)17-24-23(26)21-15-13-19(14-16-21)18-9-5-3-6-10-18/h3-16,22H,17H2,1-2H3,(H,24,26)/p+1/t22-/m1/s1. The number of carbonyl (C=O) groups is 1. The molecule has 0 aliphatic rings. The van der Waals surface area contributed by atoms with Crippen LogP contribution in [-0.2, 0) is 0 Å². The lowest BCUT2D eigenvalue weighted by Crippen LogP contribution is -3.07. The zero-order chi connectivity index (χ0) is 18.4. The van der Waals surface area contributed by atoms with Crippen LogP contribution in [0.5, 0.6) is 0 Å². The predicted molar refractivity (Wildman–Crippen MR) is 106 cm³/mol. The Hall–Kier alpha value is -2.91. The SMILES string of the molecule is C[NH+](C)[C@H](CNC(=O)c1ccc(-c2ccccc2)cc1)c1ccccc1. The van der Waals surface area contributed by atoms with Crippen molar-refractivity contribution in [3.63, 3.8) is 0 Å². The minimum absolute atomic E-state index is 0.0354. The van der Waals surface area contributed by atoms with Gasteiger partial charge in [-0.15, -0.1) is 0 Å². The monoisotopic (exact) mass is 345 g/mol. The van der Waals surface area contributed by atoms with Crippen LogP contribution < -0.4 is 10.2 Å². The second-order valence-electron chi connectivity index (χ2n) is 6.69. The molecule has 0 radical (unpaired) electrons. The third kappa shape index (κ3) is 4.38. The maximum atomic E-state index is 12.5. The summed E-state index contributed by atoms with van der Waals surface area (Å²) in [5, 5.41) is 3.08. The lowest BCUT2D eigenvalue weighted by molar-refractivity contribution is -0.890. The Morgan fingerprint density at radius 1 is 0.808 bits per heavy atom. The van der Waals surface area contributed by atoms with Crippen molar-refractivity contribution in [2.45, 2.75) is 6.04 Å². The second-order valence-corrected chi connectivity index (χ2v) is 6.69. The van der Waals surface area contributed by atoms with E-state index in [4.69, 9.17) is 0 Å². The van der Waals surface area contributed by atoms with Gasteiger partial charge in [-0.1, -0.05) is 72.8 Å². The van der Waals surface area contributed by atoms with Gasteiger partial charge in [-0.3, -0.25) is 4.79 Å². The maximum absolute atomic E-state index is 12.5. The van der Waals surface area contributed by atoms with Crippen LogP contribution in [-0.4, -0.2) is 26.5 Å². The van der Waals surface area contributed by atoms with Gasteiger partial charge in [-0.05, 0) is 23.3 Å². The summed E-state index contributed by atoms with van der Waals surface area (Å²) in [6, 6.07) is 28.5. The Labute approximate surface area is 155 Å². The molecule has 3 rings (SSSR count). The summed E-state index contributed by atoms with van der Waals surface area (Å²) in [5.74, 6) is -0.0354. The summed E-state index contributed by atoms with van der Waals surface area (Å²) in [7, 11) is 4.22. The number of carbonyl (C=O) groups excluding carboxylic acids is 1. The van der Waals surface area contributed by atoms with Crippen molar-refractivity contribution in [1.29, 1.82) is 0 Å². The highest BCUT2D eigenvalue weighted by Gasteiger charge is 2.18. The van der Waals surface area contributed by atoms with E-state index in [2.05, 4.69) is 43.7 Å². The van der Waals surface area contributed by atoms with E-state index in [9.17, 15) is 4.79 Å². The molecular weight excluding hydrogens is 320 g/mol. The topological polar surface area (TPSA) is 33.5 Å². The van der Waals surface area contributed by atoms with E-state index in [-0.39, 0.29) is 11.9 Å². The van der Waals surface area contributed by atoms with Gasteiger partial charge in [0.15, 0.2) is 0 Å². The molecule has 26 heavy (non-hydrogen) atoms. The van der Waals surface area contributed by atoms with E-state index in [0.29, 0.717) is 12.1 Å². The molecule has 0 unspecified atom stereocenters. The van der Waals surface area contributed by atoms with Crippen LogP contribution in [0.4, 0.5) is 0 Å². The summed E-state index contributed by atoms with van der Waals surface area (Å²) in [6.45, 7) is 0.603. The van der Waals surface area contributed by atoms with Crippen molar-refractivity contribution in [3.05, 3.63) is 96.1 Å². The van der Waals surface area contributed by atoms with Gasteiger partial charge >= 0.3 is 0 Å². The van der Waals surface area contributed by atoms with Crippen LogP contribution >= 0.6 is 0 Å². The van der Waals surface area contributed by atoms with E-state index in [0.717, 1.165) is 11.1 Å². The molecule has 0 saturated carbocycles. The average molecular weight is 345 g/mol. The molecule has 3 heteroatoms. The third-order valence-corrected chi connectivity index (χ3v) is 4.62. The third-order valence-electron chi connectivity index (χ3n) is 4.62. The van der Waals surface area contributed by atoms with Crippen molar-refractivity contribution in [1.82, 2.24) is 5.32 Å². The molecule has 0 heterocycles. The highest BCUT2D eigenvalue weighted by atomic mass is 16.1. The number of benzene rings is 3. The van der Waals surface area contributed by atoms with Gasteiger partial charge in [0.25, 0.3) is 5.91 Å². The van der Waals surface area contributed by atoms with Gasteiger partial charge in [0.2, 0.25) is 0 Å². The number of hydrogen-bond acceptors (Lipinski definition) is 1. The molecule has 1 amide bonds. The second kappa shape index (κ2) is 8.45. The number of nitrogens with one attached hydrogen (secondary N) is 2. The molecule has 0 fully saturated rings. The van der Waals surface area contributed by atoms with Crippen LogP contribution in [0.3, 0.4) is 0 Å². The van der Waals surface area contributed by atoms with E-state index < -0.39 is 0 Å². The molecule has 3 nitrogen and oxygen atoms in total. The van der Waals surface area contributed by atoms with Gasteiger partial charge in [-0.2, -0.15) is 0 Å². The summed E-state index contributed by atoms with van der Waals surface area (Å²) in [6.07, 6.45) is 0. The molecule has 0 aliphatic heterocycles. The van der Waals surface area contributed by atoms with Gasteiger partial charge in [0.05, 0.1) is 20.6 Å². The first-order valence-electron chi connectivity index (χ1n) is 8.94. The molecule has 3 aromatic carbocycles. The van der Waals surface area contributed by atoms with E-state index in [1.807, 2.05) is 60.7 Å². The molecule has 0 spiro atoms. The molecule has 0 saturated heterocycles. The maximum Gasteiger partial charge on any atom is 0.251 e. The normalized spacial score (nSPS) is 12.0. The Balaban J connectivity index is 1.66. The molecule has 1 atom stereocenters. The Bertz CT molecular complexity index is 827. The van der Waals surface area contributed by atoms with Gasteiger partial charge in [-0.25, -0.2) is 0 Å². The largest absolute Gasteiger partial charge is 0.346 e. The van der Waals surface area contributed by atoms with Crippen molar-refractivity contribution >= 4 is 5.91 Å². The highest BCUT2D eigenvalue weighted by molar-refractivity contribution is 5.94. The zero-order valence-electron chi connectivity index (χ0n) is 15.3. The highest BCUT2D eigenvalue weighted by Crippen LogP contribution is 2.19. The van der Waals surface area contributed by atoms with Gasteiger partial charge in [0, 0.05) is 11.1 Å². The predicted octanol–water partition coefficient (Wildman–Crippen LogP) is 2.97. The molecular formula is C23H25N2O+. The molecule has 0 aromatic heterocycles. The van der Waals surface area contributed by atoms with Crippen LogP contribution in [0.15, 0.2) is 84.9 Å². The fraction of sp³-hybridized carbons (Fsp3) is 0.174. The number of rotatable bonds is 6. The van der Waals surface area contributed by atoms with Crippen molar-refractivity contribution in [2.75, 3.05) is 20.6 Å². The minimum Gasteiger partial charge on any atom is -0.346 e. The first kappa shape index (κ1) is 17.9. The van der Waals surface area contributed by atoms with E-state index >= 15 is 0 Å². The van der Waals surface area contributed by atoms with Gasteiger partial charge in [0.1, 0.15) is 6.04 Å². The van der Waals surface area contributed by atoms with E-state index in [1.54, 1.807) is 0 Å². The summed E-state index contributed by atoms with van der Waals surface area (Å²) >= 11 is 0. The lowest BCUT2D eigenvalue weighted by Gasteiger charge is -2.22. The van der Waals surface area contributed by atoms with Crippen LogP contribution in [0.25, 0.3) is 11.1 Å². The smallest absolute Gasteiger partial charge is 0.251 e. The average Bonchev–Trinajstić information content (AvgIpc) is 2.69.